The number of aromatic nitrogens is 1. The summed E-state index contributed by atoms with van der Waals surface area (Å²) >= 11 is 0. The molecule has 1 aliphatic rings. The molecular formula is C16H25N3O2. The zero-order valence-corrected chi connectivity index (χ0v) is 12.9. The van der Waals surface area contributed by atoms with E-state index >= 15 is 0 Å². The Morgan fingerprint density at radius 3 is 2.86 bits per heavy atom. The van der Waals surface area contributed by atoms with Crippen molar-refractivity contribution in [1.29, 1.82) is 0 Å². The Bertz CT molecular complexity index is 465. The number of anilines is 1. The summed E-state index contributed by atoms with van der Waals surface area (Å²) in [5.74, 6) is 0.591. The molecule has 0 spiro atoms. The Balaban J connectivity index is 2.15. The van der Waals surface area contributed by atoms with Gasteiger partial charge in [0.25, 0.3) is 0 Å². The van der Waals surface area contributed by atoms with Crippen LogP contribution in [0, 0.1) is 5.41 Å². The largest absolute Gasteiger partial charge is 0.476 e. The number of hydrogen-bond acceptors (Lipinski definition) is 4. The topological polar surface area (TPSA) is 63.2 Å². The van der Waals surface area contributed by atoms with E-state index in [1.54, 1.807) is 6.20 Å². The number of pyridine rings is 1. The lowest BCUT2D eigenvalue weighted by molar-refractivity contribution is -0.127. The minimum atomic E-state index is -0.265. The molecule has 1 aromatic heterocycles. The van der Waals surface area contributed by atoms with Gasteiger partial charge in [-0.25, -0.2) is 4.98 Å². The average molecular weight is 291 g/mol. The van der Waals surface area contributed by atoms with E-state index < -0.39 is 0 Å². The van der Waals surface area contributed by atoms with E-state index in [1.807, 2.05) is 19.1 Å². The highest BCUT2D eigenvalue weighted by Gasteiger charge is 2.38. The summed E-state index contributed by atoms with van der Waals surface area (Å²) in [6, 6.07) is 3.66. The van der Waals surface area contributed by atoms with Gasteiger partial charge in [0.1, 0.15) is 5.69 Å². The molecule has 2 N–H and O–H groups in total. The predicted octanol–water partition coefficient (Wildman–Crippen LogP) is 2.59. The summed E-state index contributed by atoms with van der Waals surface area (Å²) in [5, 5.41) is 6.37. The highest BCUT2D eigenvalue weighted by Crippen LogP contribution is 2.36. The SMILES string of the molecule is CCCC1(C(=O)Nc2cccnc2OCC)CCNCC1. The molecule has 0 atom stereocenters. The van der Waals surface area contributed by atoms with Gasteiger partial charge in [0.05, 0.1) is 12.0 Å². The van der Waals surface area contributed by atoms with Crippen molar-refractivity contribution in [1.82, 2.24) is 10.3 Å². The number of hydrogen-bond donors (Lipinski definition) is 2. The number of rotatable bonds is 6. The normalized spacial score (nSPS) is 17.2. The van der Waals surface area contributed by atoms with Crippen LogP contribution in [0.2, 0.25) is 0 Å². The van der Waals surface area contributed by atoms with Crippen molar-refractivity contribution in [3.63, 3.8) is 0 Å². The van der Waals surface area contributed by atoms with Crippen LogP contribution in [-0.4, -0.2) is 30.6 Å². The fourth-order valence-electron chi connectivity index (χ4n) is 2.97. The van der Waals surface area contributed by atoms with E-state index in [1.165, 1.54) is 0 Å². The van der Waals surface area contributed by atoms with Gasteiger partial charge in [0, 0.05) is 6.20 Å². The molecule has 5 nitrogen and oxygen atoms in total. The van der Waals surface area contributed by atoms with E-state index in [9.17, 15) is 4.79 Å². The van der Waals surface area contributed by atoms with Crippen LogP contribution in [0.1, 0.15) is 39.5 Å². The Morgan fingerprint density at radius 2 is 2.19 bits per heavy atom. The fraction of sp³-hybridized carbons (Fsp3) is 0.625. The maximum Gasteiger partial charge on any atom is 0.237 e. The second-order valence-corrected chi connectivity index (χ2v) is 5.52. The van der Waals surface area contributed by atoms with Gasteiger partial charge in [0.15, 0.2) is 0 Å². The zero-order chi connectivity index (χ0) is 15.1. The molecule has 1 aliphatic heterocycles. The van der Waals surface area contributed by atoms with Crippen molar-refractivity contribution in [3.8, 4) is 5.88 Å². The number of ether oxygens (including phenoxy) is 1. The summed E-state index contributed by atoms with van der Waals surface area (Å²) in [6.07, 6.45) is 5.38. The quantitative estimate of drug-likeness (QED) is 0.845. The third kappa shape index (κ3) is 3.73. The first-order chi connectivity index (χ1) is 10.2. The van der Waals surface area contributed by atoms with Gasteiger partial charge in [-0.1, -0.05) is 13.3 Å². The third-order valence-electron chi connectivity index (χ3n) is 4.07. The standard InChI is InChI=1S/C16H25N3O2/c1-3-7-16(8-11-17-12-9-16)15(20)19-13-6-5-10-18-14(13)21-4-2/h5-6,10,17H,3-4,7-9,11-12H2,1-2H3,(H,19,20). The van der Waals surface area contributed by atoms with E-state index in [2.05, 4.69) is 22.5 Å². The van der Waals surface area contributed by atoms with Crippen LogP contribution in [0.4, 0.5) is 5.69 Å². The van der Waals surface area contributed by atoms with Crippen molar-refractivity contribution < 1.29 is 9.53 Å². The molecule has 2 heterocycles. The lowest BCUT2D eigenvalue weighted by Gasteiger charge is -2.36. The second-order valence-electron chi connectivity index (χ2n) is 5.52. The fourth-order valence-corrected chi connectivity index (χ4v) is 2.97. The first-order valence-corrected chi connectivity index (χ1v) is 7.82. The monoisotopic (exact) mass is 291 g/mol. The smallest absolute Gasteiger partial charge is 0.237 e. The number of carbonyl (C=O) groups excluding carboxylic acids is 1. The Morgan fingerprint density at radius 1 is 1.43 bits per heavy atom. The molecule has 2 rings (SSSR count). The summed E-state index contributed by atoms with van der Waals surface area (Å²) in [7, 11) is 0. The molecule has 0 saturated carbocycles. The van der Waals surface area contributed by atoms with Gasteiger partial charge in [-0.15, -0.1) is 0 Å². The first kappa shape index (κ1) is 15.8. The van der Waals surface area contributed by atoms with Crippen molar-refractivity contribution in [2.24, 2.45) is 5.41 Å². The van der Waals surface area contributed by atoms with Crippen LogP contribution >= 0.6 is 0 Å². The van der Waals surface area contributed by atoms with Gasteiger partial charge in [-0.2, -0.15) is 0 Å². The molecule has 5 heteroatoms. The van der Waals surface area contributed by atoms with Crippen molar-refractivity contribution in [3.05, 3.63) is 18.3 Å². The van der Waals surface area contributed by atoms with Gasteiger partial charge >= 0.3 is 0 Å². The molecule has 0 aliphatic carbocycles. The summed E-state index contributed by atoms with van der Waals surface area (Å²) in [6.45, 7) is 6.37. The highest BCUT2D eigenvalue weighted by molar-refractivity contribution is 5.96. The van der Waals surface area contributed by atoms with Crippen molar-refractivity contribution in [2.75, 3.05) is 25.0 Å². The van der Waals surface area contributed by atoms with Gasteiger partial charge in [-0.05, 0) is 51.4 Å². The molecule has 116 valence electrons. The van der Waals surface area contributed by atoms with Gasteiger partial charge in [-0.3, -0.25) is 4.79 Å². The van der Waals surface area contributed by atoms with Crippen LogP contribution < -0.4 is 15.4 Å². The van der Waals surface area contributed by atoms with E-state index in [-0.39, 0.29) is 11.3 Å². The molecule has 0 unspecified atom stereocenters. The first-order valence-electron chi connectivity index (χ1n) is 7.82. The van der Waals surface area contributed by atoms with Crippen LogP contribution in [0.15, 0.2) is 18.3 Å². The van der Waals surface area contributed by atoms with E-state index in [4.69, 9.17) is 4.74 Å². The summed E-state index contributed by atoms with van der Waals surface area (Å²) < 4.78 is 5.48. The highest BCUT2D eigenvalue weighted by atomic mass is 16.5. The van der Waals surface area contributed by atoms with Gasteiger partial charge < -0.3 is 15.4 Å². The molecule has 0 radical (unpaired) electrons. The lowest BCUT2D eigenvalue weighted by atomic mass is 9.74. The third-order valence-corrected chi connectivity index (χ3v) is 4.07. The number of carbonyl (C=O) groups is 1. The second kappa shape index (κ2) is 7.41. The minimum Gasteiger partial charge on any atom is -0.476 e. The van der Waals surface area contributed by atoms with E-state index in [0.29, 0.717) is 18.2 Å². The van der Waals surface area contributed by atoms with Crippen LogP contribution in [0.25, 0.3) is 0 Å². The molecule has 0 bridgehead atoms. The van der Waals surface area contributed by atoms with Crippen LogP contribution in [-0.2, 0) is 4.79 Å². The van der Waals surface area contributed by atoms with Crippen molar-refractivity contribution in [2.45, 2.75) is 39.5 Å². The molecule has 21 heavy (non-hydrogen) atoms. The summed E-state index contributed by atoms with van der Waals surface area (Å²) in [4.78, 5) is 17.0. The maximum absolute atomic E-state index is 12.8. The predicted molar refractivity (Wildman–Crippen MR) is 83.5 cm³/mol. The molecule has 0 aromatic carbocycles. The van der Waals surface area contributed by atoms with Crippen molar-refractivity contribution >= 4 is 11.6 Å². The average Bonchev–Trinajstić information content (AvgIpc) is 2.50. The maximum atomic E-state index is 12.8. The number of amides is 1. The number of piperidine rings is 1. The lowest BCUT2D eigenvalue weighted by Crippen LogP contribution is -2.44. The molecular weight excluding hydrogens is 266 g/mol. The van der Waals surface area contributed by atoms with Crippen LogP contribution in [0.5, 0.6) is 5.88 Å². The van der Waals surface area contributed by atoms with Crippen LogP contribution in [0.3, 0.4) is 0 Å². The van der Waals surface area contributed by atoms with Gasteiger partial charge in [0.2, 0.25) is 11.8 Å². The Hall–Kier alpha value is -1.62. The van der Waals surface area contributed by atoms with E-state index in [0.717, 1.165) is 38.8 Å². The molecule has 1 aromatic rings. The Kier molecular flexibility index (Phi) is 5.56. The molecule has 1 amide bonds. The minimum absolute atomic E-state index is 0.0970. The Labute approximate surface area is 126 Å². The zero-order valence-electron chi connectivity index (χ0n) is 12.9. The number of nitrogens with zero attached hydrogens (tertiary/aromatic N) is 1. The molecule has 1 saturated heterocycles. The molecule has 1 fully saturated rings. The number of nitrogens with one attached hydrogen (secondary N) is 2. The summed E-state index contributed by atoms with van der Waals surface area (Å²) in [5.41, 5.74) is 0.401.